The van der Waals surface area contributed by atoms with E-state index in [1.165, 1.54) is 0 Å². The predicted octanol–water partition coefficient (Wildman–Crippen LogP) is 0.343. The first-order chi connectivity index (χ1) is 10.2. The molecule has 0 bridgehead atoms. The van der Waals surface area contributed by atoms with Crippen LogP contribution in [0.3, 0.4) is 0 Å². The zero-order valence-corrected chi connectivity index (χ0v) is 13.7. The summed E-state index contributed by atoms with van der Waals surface area (Å²) in [7, 11) is 3.24. The molecule has 5 heteroatoms. The van der Waals surface area contributed by atoms with Crippen LogP contribution in [0.25, 0.3) is 0 Å². The summed E-state index contributed by atoms with van der Waals surface area (Å²) in [5, 5.41) is 19.0. The molecule has 0 aliphatic carbocycles. The zero-order chi connectivity index (χ0) is 15.2. The number of hydrogen-bond donors (Lipinski definition) is 2. The van der Waals surface area contributed by atoms with Gasteiger partial charge in [-0.2, -0.15) is 0 Å². The first-order valence-electron chi connectivity index (χ1n) is 6.45. The third-order valence-electron chi connectivity index (χ3n) is 3.11. The van der Waals surface area contributed by atoms with Gasteiger partial charge in [-0.1, -0.05) is 0 Å². The van der Waals surface area contributed by atoms with Gasteiger partial charge in [0.15, 0.2) is 0 Å². The Morgan fingerprint density at radius 1 is 0.810 bits per heavy atom. The third-order valence-corrected chi connectivity index (χ3v) is 5.63. The third kappa shape index (κ3) is 3.77. The summed E-state index contributed by atoms with van der Waals surface area (Å²) in [6.07, 6.45) is 0. The fourth-order valence-electron chi connectivity index (χ4n) is 1.89. The van der Waals surface area contributed by atoms with Crippen molar-refractivity contribution in [2.45, 2.75) is 13.2 Å². The molecule has 0 atom stereocenters. The molecule has 0 fully saturated rings. The number of aliphatic hydroxyl groups is 2. The molecular weight excluding hydrogens is 335 g/mol. The molecule has 0 aromatic heterocycles. The Labute approximate surface area is 130 Å². The van der Waals surface area contributed by atoms with Crippen LogP contribution in [-0.2, 0) is 13.2 Å². The maximum absolute atomic E-state index is 9.48. The van der Waals surface area contributed by atoms with Crippen molar-refractivity contribution in [3.63, 3.8) is 0 Å². The van der Waals surface area contributed by atoms with Gasteiger partial charge in [0.2, 0.25) is 0 Å². The maximum atomic E-state index is 9.48. The Balaban J connectivity index is 2.40. The van der Waals surface area contributed by atoms with Crippen LogP contribution in [0.5, 0.6) is 11.5 Å². The first kappa shape index (κ1) is 15.9. The van der Waals surface area contributed by atoms with Gasteiger partial charge in [-0.15, -0.1) is 0 Å². The van der Waals surface area contributed by atoms with Gasteiger partial charge < -0.3 is 0 Å². The van der Waals surface area contributed by atoms with Crippen molar-refractivity contribution in [1.29, 1.82) is 0 Å². The van der Waals surface area contributed by atoms with E-state index in [1.54, 1.807) is 14.2 Å². The van der Waals surface area contributed by atoms with Gasteiger partial charge in [0.05, 0.1) is 0 Å². The van der Waals surface area contributed by atoms with E-state index in [0.717, 1.165) is 31.5 Å². The molecule has 112 valence electrons. The molecule has 0 saturated heterocycles. The van der Waals surface area contributed by atoms with Crippen molar-refractivity contribution in [3.05, 3.63) is 47.5 Å². The van der Waals surface area contributed by atoms with E-state index in [1.807, 2.05) is 36.4 Å². The number of ether oxygens (including phenoxy) is 2. The molecule has 0 radical (unpaired) electrons. The SMILES string of the molecule is COc1ccc(CO)c([Se]c2cc(OC)ccc2CO)c1. The fourth-order valence-corrected chi connectivity index (χ4v) is 4.23. The summed E-state index contributed by atoms with van der Waals surface area (Å²) in [5.74, 6) is 1.52. The molecule has 2 rings (SSSR count). The number of benzene rings is 2. The van der Waals surface area contributed by atoms with Gasteiger partial charge in [0.25, 0.3) is 0 Å². The van der Waals surface area contributed by atoms with Gasteiger partial charge >= 0.3 is 130 Å². The second-order valence-electron chi connectivity index (χ2n) is 4.37. The van der Waals surface area contributed by atoms with Crippen molar-refractivity contribution in [3.8, 4) is 11.5 Å². The molecule has 0 heterocycles. The van der Waals surface area contributed by atoms with Crippen molar-refractivity contribution in [2.75, 3.05) is 14.2 Å². The molecule has 2 aromatic rings. The molecule has 4 nitrogen and oxygen atoms in total. The van der Waals surface area contributed by atoms with Gasteiger partial charge in [0, 0.05) is 0 Å². The topological polar surface area (TPSA) is 58.9 Å². The van der Waals surface area contributed by atoms with E-state index in [4.69, 9.17) is 9.47 Å². The van der Waals surface area contributed by atoms with Gasteiger partial charge in [-0.3, -0.25) is 0 Å². The van der Waals surface area contributed by atoms with Crippen molar-refractivity contribution in [2.24, 2.45) is 0 Å². The summed E-state index contributed by atoms with van der Waals surface area (Å²) in [6, 6.07) is 11.3. The van der Waals surface area contributed by atoms with Crippen LogP contribution in [0, 0.1) is 0 Å². The molecule has 0 aliphatic heterocycles. The second-order valence-corrected chi connectivity index (χ2v) is 6.64. The molecule has 0 saturated carbocycles. The number of rotatable bonds is 6. The Hall–Kier alpha value is -1.52. The Morgan fingerprint density at radius 3 is 1.57 bits per heavy atom. The molecule has 2 aromatic carbocycles. The summed E-state index contributed by atoms with van der Waals surface area (Å²) in [4.78, 5) is 0. The minimum absolute atomic E-state index is 0.0144. The van der Waals surface area contributed by atoms with Crippen molar-refractivity contribution in [1.82, 2.24) is 0 Å². The molecule has 0 unspecified atom stereocenters. The van der Waals surface area contributed by atoms with E-state index in [-0.39, 0.29) is 28.2 Å². The van der Waals surface area contributed by atoms with Crippen LogP contribution < -0.4 is 18.4 Å². The quantitative estimate of drug-likeness (QED) is 0.736. The predicted molar refractivity (Wildman–Crippen MR) is 82.9 cm³/mol. The van der Waals surface area contributed by atoms with Crippen molar-refractivity contribution < 1.29 is 19.7 Å². The summed E-state index contributed by atoms with van der Waals surface area (Å²) in [5.41, 5.74) is 1.75. The van der Waals surface area contributed by atoms with Crippen molar-refractivity contribution >= 4 is 23.9 Å². The summed E-state index contributed by atoms with van der Waals surface area (Å²) < 4.78 is 12.6. The van der Waals surface area contributed by atoms with Gasteiger partial charge in [-0.25, -0.2) is 0 Å². The van der Waals surface area contributed by atoms with Gasteiger partial charge in [0.1, 0.15) is 0 Å². The Bertz CT molecular complexity index is 560. The molecule has 0 aliphatic rings. The Kier molecular flexibility index (Phi) is 5.65. The number of methoxy groups -OCH3 is 2. The van der Waals surface area contributed by atoms with E-state index in [9.17, 15) is 10.2 Å². The van der Waals surface area contributed by atoms with Crippen LogP contribution in [0.2, 0.25) is 0 Å². The number of hydrogen-bond acceptors (Lipinski definition) is 4. The van der Waals surface area contributed by atoms with E-state index in [2.05, 4.69) is 0 Å². The molecule has 0 amide bonds. The summed E-state index contributed by atoms with van der Waals surface area (Å²) >= 11 is -0.0563. The standard InChI is InChI=1S/C16H18O4Se/c1-19-13-5-3-11(9-17)15(7-13)21-16-8-14(20-2)6-4-12(16)10-18/h3-8,17-18H,9-10H2,1-2H3. The molecule has 2 N–H and O–H groups in total. The molecule has 21 heavy (non-hydrogen) atoms. The average molecular weight is 353 g/mol. The zero-order valence-electron chi connectivity index (χ0n) is 12.0. The van der Waals surface area contributed by atoms with Gasteiger partial charge in [-0.05, 0) is 0 Å². The first-order valence-corrected chi connectivity index (χ1v) is 8.16. The fraction of sp³-hybridized carbons (Fsp3) is 0.250. The number of aliphatic hydroxyl groups excluding tert-OH is 2. The van der Waals surface area contributed by atoms with E-state index in [0.29, 0.717) is 0 Å². The normalized spacial score (nSPS) is 10.5. The second kappa shape index (κ2) is 7.48. The summed E-state index contributed by atoms with van der Waals surface area (Å²) in [6.45, 7) is -0.0288. The Morgan fingerprint density at radius 2 is 1.24 bits per heavy atom. The van der Waals surface area contributed by atoms with E-state index < -0.39 is 0 Å². The molecule has 0 spiro atoms. The van der Waals surface area contributed by atoms with Crippen LogP contribution in [0.1, 0.15) is 11.1 Å². The van der Waals surface area contributed by atoms with Crippen LogP contribution in [-0.4, -0.2) is 39.4 Å². The van der Waals surface area contributed by atoms with E-state index >= 15 is 0 Å². The average Bonchev–Trinajstić information content (AvgIpc) is 2.54. The molecular formula is C16H18O4Se. The minimum atomic E-state index is -0.0563. The van der Waals surface area contributed by atoms with Crippen LogP contribution >= 0.6 is 0 Å². The monoisotopic (exact) mass is 354 g/mol. The van der Waals surface area contributed by atoms with Crippen LogP contribution in [0.4, 0.5) is 0 Å². The van der Waals surface area contributed by atoms with Crippen LogP contribution in [0.15, 0.2) is 36.4 Å².